The smallest absolute Gasteiger partial charge is 0 e. The monoisotopic (exact) mass is 369 g/mol. The van der Waals surface area contributed by atoms with Gasteiger partial charge in [0.25, 0.3) is 0 Å². The molecule has 0 N–H and O–H groups in total. The topological polar surface area (TPSA) is 0 Å². The fraction of sp³-hybridized carbons (Fsp3) is 1.00. The molecule has 0 bridgehead atoms. The molecule has 131 valence electrons. The van der Waals surface area contributed by atoms with Crippen LogP contribution in [0.2, 0.25) is 0 Å². The van der Waals surface area contributed by atoms with Crippen molar-refractivity contribution < 1.29 is 32.7 Å². The summed E-state index contributed by atoms with van der Waals surface area (Å²) in [7, 11) is 0. The van der Waals surface area contributed by atoms with Crippen LogP contribution >= 0.6 is 0 Å². The summed E-state index contributed by atoms with van der Waals surface area (Å²) in [6, 6.07) is 0. The van der Waals surface area contributed by atoms with Gasteiger partial charge >= 0.3 is 0 Å². The van der Waals surface area contributed by atoms with E-state index >= 15 is 0 Å². The SMILES string of the molecule is C.C.CC.CC.CCC.CCC(C)C.CCC(C)C.[Y]. The zero-order chi connectivity index (χ0) is 15.3. The van der Waals surface area contributed by atoms with Crippen LogP contribution in [0.15, 0.2) is 0 Å². The van der Waals surface area contributed by atoms with Gasteiger partial charge in [-0.05, 0) is 11.8 Å². The van der Waals surface area contributed by atoms with Gasteiger partial charge in [-0.25, -0.2) is 0 Å². The van der Waals surface area contributed by atoms with E-state index in [1.54, 1.807) is 0 Å². The van der Waals surface area contributed by atoms with Crippen LogP contribution < -0.4 is 0 Å². The van der Waals surface area contributed by atoms with Crippen molar-refractivity contribution in [3.8, 4) is 0 Å². The van der Waals surface area contributed by atoms with Crippen molar-refractivity contribution in [2.75, 3.05) is 0 Å². The van der Waals surface area contributed by atoms with E-state index in [1.165, 1.54) is 19.3 Å². The molecule has 0 aromatic rings. The Kier molecular flexibility index (Phi) is 179. The van der Waals surface area contributed by atoms with Crippen LogP contribution in [0.4, 0.5) is 0 Å². The number of rotatable bonds is 2. The van der Waals surface area contributed by atoms with Gasteiger partial charge in [0, 0.05) is 32.7 Å². The Morgan fingerprint density at radius 2 is 0.600 bits per heavy atom. The van der Waals surface area contributed by atoms with E-state index in [2.05, 4.69) is 55.4 Å². The number of hydrogen-bond donors (Lipinski definition) is 0. The molecular weight excluding hydrogens is 317 g/mol. The molecule has 1 radical (unpaired) electrons. The van der Waals surface area contributed by atoms with Crippen LogP contribution in [0, 0.1) is 11.8 Å². The van der Waals surface area contributed by atoms with Gasteiger partial charge in [-0.15, -0.1) is 0 Å². The third-order valence-electron chi connectivity index (χ3n) is 1.63. The molecule has 0 rings (SSSR count). The predicted octanol–water partition coefficient (Wildman–Crippen LogP) is 8.84. The van der Waals surface area contributed by atoms with Gasteiger partial charge < -0.3 is 0 Å². The van der Waals surface area contributed by atoms with Crippen LogP contribution in [0.5, 0.6) is 0 Å². The van der Waals surface area contributed by atoms with E-state index in [0.717, 1.165) is 11.8 Å². The van der Waals surface area contributed by atoms with Crippen molar-refractivity contribution in [1.82, 2.24) is 0 Å². The minimum absolute atomic E-state index is 0. The third kappa shape index (κ3) is 240. The molecule has 0 aliphatic rings. The molecule has 0 aliphatic carbocycles. The molecule has 0 spiro atoms. The molecule has 0 nitrogen and oxygen atoms in total. The molecule has 0 atom stereocenters. The van der Waals surface area contributed by atoms with Crippen LogP contribution in [0.3, 0.4) is 0 Å². The van der Waals surface area contributed by atoms with Crippen molar-refractivity contribution >= 4 is 0 Å². The summed E-state index contributed by atoms with van der Waals surface area (Å²) in [4.78, 5) is 0. The molecule has 0 heterocycles. The summed E-state index contributed by atoms with van der Waals surface area (Å²) < 4.78 is 0. The Balaban J connectivity index is -0.0000000152. The van der Waals surface area contributed by atoms with Gasteiger partial charge in [0.15, 0.2) is 0 Å². The minimum atomic E-state index is 0. The van der Waals surface area contributed by atoms with E-state index in [-0.39, 0.29) is 47.6 Å². The van der Waals surface area contributed by atoms with E-state index in [1.807, 2.05) is 27.7 Å². The fourth-order valence-corrected chi connectivity index (χ4v) is 0. The van der Waals surface area contributed by atoms with Gasteiger partial charge in [-0.3, -0.25) is 0 Å². The molecule has 0 saturated heterocycles. The van der Waals surface area contributed by atoms with Crippen molar-refractivity contribution in [2.24, 2.45) is 11.8 Å². The summed E-state index contributed by atoms with van der Waals surface area (Å²) in [6.45, 7) is 25.5. The van der Waals surface area contributed by atoms with Gasteiger partial charge in [-0.2, -0.15) is 0 Å². The summed E-state index contributed by atoms with van der Waals surface area (Å²) in [5.74, 6) is 1.77. The molecule has 0 unspecified atom stereocenters. The largest absolute Gasteiger partial charge is 0.0776 e. The molecule has 0 aromatic heterocycles. The van der Waals surface area contributed by atoms with E-state index in [0.29, 0.717) is 0 Å². The molecule has 1 heteroatoms. The molecule has 0 fully saturated rings. The first-order valence-corrected chi connectivity index (χ1v) is 7.95. The quantitative estimate of drug-likeness (QED) is 0.456. The second-order valence-corrected chi connectivity index (χ2v) is 4.31. The van der Waals surface area contributed by atoms with E-state index in [9.17, 15) is 0 Å². The second kappa shape index (κ2) is 71.9. The maximum atomic E-state index is 2.22. The molecule has 0 aliphatic heterocycles. The van der Waals surface area contributed by atoms with Crippen LogP contribution in [0.1, 0.15) is 117 Å². The Morgan fingerprint density at radius 1 is 0.550 bits per heavy atom. The van der Waals surface area contributed by atoms with Crippen molar-refractivity contribution in [2.45, 2.75) is 117 Å². The van der Waals surface area contributed by atoms with E-state index in [4.69, 9.17) is 0 Å². The van der Waals surface area contributed by atoms with E-state index < -0.39 is 0 Å². The van der Waals surface area contributed by atoms with Crippen molar-refractivity contribution in [1.29, 1.82) is 0 Å². The maximum absolute atomic E-state index is 2.22. The first-order valence-electron chi connectivity index (χ1n) is 7.95. The van der Waals surface area contributed by atoms with Crippen molar-refractivity contribution in [3.63, 3.8) is 0 Å². The number of hydrogen-bond acceptors (Lipinski definition) is 0. The Labute approximate surface area is 161 Å². The average molecular weight is 370 g/mol. The standard InChI is InChI=1S/2C5H12.C3H8.2C2H6.2CH4.Y/c2*1-4-5(2)3;1-3-2;2*1-2;;;/h2*5H,4H2,1-3H3;3H2,1-2H3;2*1-2H3;2*1H4;. The minimum Gasteiger partial charge on any atom is -0.0776 e. The molecule has 20 heavy (non-hydrogen) atoms. The van der Waals surface area contributed by atoms with Crippen LogP contribution in [-0.4, -0.2) is 0 Å². The molecule has 0 aromatic carbocycles. The molecule has 0 saturated carbocycles. The first-order chi connectivity index (χ1) is 7.95. The van der Waals surface area contributed by atoms with Gasteiger partial charge in [0.1, 0.15) is 0 Å². The Hall–Kier alpha value is 1.10. The van der Waals surface area contributed by atoms with Gasteiger partial charge in [0.05, 0.1) is 0 Å². The zero-order valence-corrected chi connectivity index (χ0v) is 18.7. The van der Waals surface area contributed by atoms with Crippen LogP contribution in [-0.2, 0) is 32.7 Å². The predicted molar refractivity (Wildman–Crippen MR) is 102 cm³/mol. The van der Waals surface area contributed by atoms with Gasteiger partial charge in [0.2, 0.25) is 0 Å². The summed E-state index contributed by atoms with van der Waals surface area (Å²) in [5, 5.41) is 0. The van der Waals surface area contributed by atoms with Gasteiger partial charge in [-0.1, -0.05) is 117 Å². The second-order valence-electron chi connectivity index (χ2n) is 4.31. The van der Waals surface area contributed by atoms with Crippen LogP contribution in [0.25, 0.3) is 0 Å². The average Bonchev–Trinajstić information content (AvgIpc) is 2.35. The first kappa shape index (κ1) is 49.7. The summed E-state index contributed by atoms with van der Waals surface area (Å²) in [6.07, 6.45) is 3.86. The normalized spacial score (nSPS) is 6.30. The maximum Gasteiger partial charge on any atom is 0 e. The third-order valence-corrected chi connectivity index (χ3v) is 1.63. The summed E-state index contributed by atoms with van der Waals surface area (Å²) in [5.41, 5.74) is 0. The molecular formula is C19H52Y. The Bertz CT molecular complexity index is 50.8. The van der Waals surface area contributed by atoms with Crippen molar-refractivity contribution in [3.05, 3.63) is 0 Å². The zero-order valence-electron chi connectivity index (χ0n) is 15.9. The fourth-order valence-electron chi connectivity index (χ4n) is 0. The molecule has 0 amide bonds. The summed E-state index contributed by atoms with van der Waals surface area (Å²) >= 11 is 0. The Morgan fingerprint density at radius 3 is 0.600 bits per heavy atom.